The standard InChI is InChI=1S/C30H40N8O2/c1-20(2)22-15-28(37-34-19-22)36-27-7-6-25-26(35-27)14-23(18-33-25)24(16-31)17-32-11-8-21-9-12-38(13-10-21)29(39)40-30(3,4)5/h6-7,14-21,24,31H,8-13H2,1-5H3,(H,35,36,37). The van der Waals surface area contributed by atoms with Crippen LogP contribution in [0.15, 0.2) is 41.7 Å². The van der Waals surface area contributed by atoms with E-state index in [1.54, 1.807) is 17.3 Å². The first-order valence-corrected chi connectivity index (χ1v) is 14.0. The molecule has 10 heteroatoms. The molecule has 2 N–H and O–H groups in total. The Bertz CT molecular complexity index is 1340. The summed E-state index contributed by atoms with van der Waals surface area (Å²) in [5.41, 5.74) is 2.99. The molecule has 3 aromatic rings. The molecule has 0 saturated carbocycles. The molecule has 4 rings (SSSR count). The summed E-state index contributed by atoms with van der Waals surface area (Å²) in [6.45, 7) is 12.0. The third-order valence-corrected chi connectivity index (χ3v) is 6.92. The summed E-state index contributed by atoms with van der Waals surface area (Å²) in [6, 6.07) is 7.71. The number of hydrogen-bond acceptors (Lipinski definition) is 9. The summed E-state index contributed by atoms with van der Waals surface area (Å²) in [6.07, 6.45) is 9.38. The first-order valence-electron chi connectivity index (χ1n) is 14.0. The summed E-state index contributed by atoms with van der Waals surface area (Å²) in [5, 5.41) is 19.5. The quantitative estimate of drug-likeness (QED) is 0.310. The summed E-state index contributed by atoms with van der Waals surface area (Å²) in [4.78, 5) is 28.0. The largest absolute Gasteiger partial charge is 0.444 e. The van der Waals surface area contributed by atoms with Crippen LogP contribution in [-0.4, -0.2) is 68.8 Å². The number of pyridine rings is 2. The Morgan fingerprint density at radius 2 is 1.93 bits per heavy atom. The molecule has 1 aliphatic rings. The number of hydrogen-bond donors (Lipinski definition) is 2. The topological polar surface area (TPSA) is 129 Å². The molecule has 0 aliphatic carbocycles. The number of aromatic nitrogens is 4. The van der Waals surface area contributed by atoms with Crippen LogP contribution < -0.4 is 5.32 Å². The maximum atomic E-state index is 12.3. The number of fused-ring (bicyclic) bond motifs is 1. The van der Waals surface area contributed by atoms with E-state index in [1.807, 2.05) is 51.3 Å². The number of anilines is 2. The minimum absolute atomic E-state index is 0.229. The maximum absolute atomic E-state index is 12.3. The minimum atomic E-state index is -0.473. The lowest BCUT2D eigenvalue weighted by molar-refractivity contribution is 0.0182. The number of aliphatic imine (C=N–C) groups is 1. The third kappa shape index (κ3) is 8.03. The van der Waals surface area contributed by atoms with Crippen molar-refractivity contribution in [2.45, 2.75) is 71.3 Å². The van der Waals surface area contributed by atoms with E-state index in [4.69, 9.17) is 15.1 Å². The molecule has 0 spiro atoms. The molecule has 1 atom stereocenters. The van der Waals surface area contributed by atoms with Crippen LogP contribution in [0.25, 0.3) is 11.0 Å². The summed E-state index contributed by atoms with van der Waals surface area (Å²) >= 11 is 0. The van der Waals surface area contributed by atoms with Crippen molar-refractivity contribution in [2.75, 3.05) is 25.0 Å². The van der Waals surface area contributed by atoms with Gasteiger partial charge in [0.1, 0.15) is 11.4 Å². The van der Waals surface area contributed by atoms with Gasteiger partial charge in [0.2, 0.25) is 0 Å². The van der Waals surface area contributed by atoms with Crippen molar-refractivity contribution in [3.8, 4) is 0 Å². The predicted octanol–water partition coefficient (Wildman–Crippen LogP) is 6.13. The average molecular weight is 545 g/mol. The number of amides is 1. The summed E-state index contributed by atoms with van der Waals surface area (Å²) < 4.78 is 5.49. The van der Waals surface area contributed by atoms with Crippen molar-refractivity contribution in [3.05, 3.63) is 47.8 Å². The molecule has 0 aromatic carbocycles. The molecular formula is C30H40N8O2. The summed E-state index contributed by atoms with van der Waals surface area (Å²) in [7, 11) is 0. The first-order chi connectivity index (χ1) is 19.1. The fourth-order valence-corrected chi connectivity index (χ4v) is 4.57. The second-order valence-corrected chi connectivity index (χ2v) is 11.6. The van der Waals surface area contributed by atoms with E-state index in [9.17, 15) is 4.79 Å². The maximum Gasteiger partial charge on any atom is 0.410 e. The highest BCUT2D eigenvalue weighted by Gasteiger charge is 2.26. The SMILES string of the molecule is CC(C)c1cnnc(Nc2ccc3ncc(C(C=N)C=NCCC4CCN(C(=O)OC(C)(C)C)CC4)cc3n2)c1. The van der Waals surface area contributed by atoms with Crippen LogP contribution in [0.5, 0.6) is 0 Å². The van der Waals surface area contributed by atoms with E-state index in [2.05, 4.69) is 39.3 Å². The minimum Gasteiger partial charge on any atom is -0.444 e. The molecule has 3 aromatic heterocycles. The number of carbonyl (C=O) groups is 1. The lowest BCUT2D eigenvalue weighted by Crippen LogP contribution is -2.41. The molecule has 4 heterocycles. The molecule has 0 radical (unpaired) electrons. The normalized spacial score (nSPS) is 15.5. The van der Waals surface area contributed by atoms with Gasteiger partial charge in [-0.3, -0.25) is 9.98 Å². The molecule has 1 fully saturated rings. The number of piperidine rings is 1. The monoisotopic (exact) mass is 544 g/mol. The van der Waals surface area contributed by atoms with Crippen molar-refractivity contribution in [3.63, 3.8) is 0 Å². The molecule has 1 aliphatic heterocycles. The van der Waals surface area contributed by atoms with Gasteiger partial charge in [0, 0.05) is 38.3 Å². The zero-order chi connectivity index (χ0) is 28.7. The van der Waals surface area contributed by atoms with Gasteiger partial charge in [0.15, 0.2) is 5.82 Å². The van der Waals surface area contributed by atoms with Crippen LogP contribution in [0.3, 0.4) is 0 Å². The Labute approximate surface area is 236 Å². The van der Waals surface area contributed by atoms with Gasteiger partial charge in [-0.15, -0.1) is 5.10 Å². The van der Waals surface area contributed by atoms with Gasteiger partial charge in [-0.2, -0.15) is 5.10 Å². The van der Waals surface area contributed by atoms with E-state index >= 15 is 0 Å². The molecule has 40 heavy (non-hydrogen) atoms. The Morgan fingerprint density at radius 3 is 2.62 bits per heavy atom. The summed E-state index contributed by atoms with van der Waals surface area (Å²) in [5.74, 6) is 1.89. The Hall–Kier alpha value is -3.95. The highest BCUT2D eigenvalue weighted by molar-refractivity contribution is 5.90. The smallest absolute Gasteiger partial charge is 0.410 e. The Kier molecular flexibility index (Phi) is 9.39. The van der Waals surface area contributed by atoms with Crippen LogP contribution in [0.4, 0.5) is 16.4 Å². The van der Waals surface area contributed by atoms with Crippen LogP contribution in [-0.2, 0) is 4.74 Å². The zero-order valence-corrected chi connectivity index (χ0v) is 24.1. The fourth-order valence-electron chi connectivity index (χ4n) is 4.57. The number of likely N-dealkylation sites (tertiary alicyclic amines) is 1. The molecule has 1 saturated heterocycles. The van der Waals surface area contributed by atoms with Crippen molar-refractivity contribution >= 4 is 41.2 Å². The van der Waals surface area contributed by atoms with Gasteiger partial charge >= 0.3 is 6.09 Å². The van der Waals surface area contributed by atoms with Crippen LogP contribution in [0, 0.1) is 11.3 Å². The second kappa shape index (κ2) is 12.9. The molecule has 1 unspecified atom stereocenters. The molecule has 212 valence electrons. The lowest BCUT2D eigenvalue weighted by atomic mass is 9.94. The van der Waals surface area contributed by atoms with Gasteiger partial charge in [-0.05, 0) is 87.3 Å². The van der Waals surface area contributed by atoms with Gasteiger partial charge in [-0.25, -0.2) is 9.78 Å². The number of carbonyl (C=O) groups excluding carboxylic acids is 1. The van der Waals surface area contributed by atoms with E-state index in [-0.39, 0.29) is 12.0 Å². The molecular weight excluding hydrogens is 504 g/mol. The highest BCUT2D eigenvalue weighted by Crippen LogP contribution is 2.24. The number of nitrogens with one attached hydrogen (secondary N) is 2. The Morgan fingerprint density at radius 1 is 1.15 bits per heavy atom. The van der Waals surface area contributed by atoms with Crippen molar-refractivity contribution in [2.24, 2.45) is 10.9 Å². The fraction of sp³-hybridized carbons (Fsp3) is 0.500. The zero-order valence-electron chi connectivity index (χ0n) is 24.1. The van der Waals surface area contributed by atoms with Crippen molar-refractivity contribution < 1.29 is 9.53 Å². The Balaban J connectivity index is 1.33. The first kappa shape index (κ1) is 29.0. The lowest BCUT2D eigenvalue weighted by Gasteiger charge is -2.33. The molecule has 0 bridgehead atoms. The van der Waals surface area contributed by atoms with Crippen LogP contribution in [0.1, 0.15) is 76.8 Å². The average Bonchev–Trinajstić information content (AvgIpc) is 2.92. The number of nitrogens with zero attached hydrogens (tertiary/aromatic N) is 6. The van der Waals surface area contributed by atoms with Crippen molar-refractivity contribution in [1.29, 1.82) is 5.41 Å². The van der Waals surface area contributed by atoms with Gasteiger partial charge in [-0.1, -0.05) is 13.8 Å². The van der Waals surface area contributed by atoms with Gasteiger partial charge in [0.05, 0.1) is 23.1 Å². The van der Waals surface area contributed by atoms with Crippen molar-refractivity contribution in [1.82, 2.24) is 25.1 Å². The van der Waals surface area contributed by atoms with Gasteiger partial charge in [0.25, 0.3) is 0 Å². The second-order valence-electron chi connectivity index (χ2n) is 11.6. The van der Waals surface area contributed by atoms with Crippen LogP contribution >= 0.6 is 0 Å². The van der Waals surface area contributed by atoms with E-state index < -0.39 is 5.60 Å². The number of rotatable bonds is 9. The van der Waals surface area contributed by atoms with E-state index in [0.717, 1.165) is 54.5 Å². The van der Waals surface area contributed by atoms with E-state index in [1.165, 1.54) is 6.21 Å². The highest BCUT2D eigenvalue weighted by atomic mass is 16.6. The third-order valence-electron chi connectivity index (χ3n) is 6.92. The molecule has 10 nitrogen and oxygen atoms in total. The number of ether oxygens (including phenoxy) is 1. The predicted molar refractivity (Wildman–Crippen MR) is 159 cm³/mol. The van der Waals surface area contributed by atoms with E-state index in [0.29, 0.717) is 30.0 Å². The van der Waals surface area contributed by atoms with Crippen LogP contribution in [0.2, 0.25) is 0 Å². The molecule has 1 amide bonds. The van der Waals surface area contributed by atoms with Gasteiger partial charge < -0.3 is 20.4 Å².